The van der Waals surface area contributed by atoms with E-state index in [1.165, 1.54) is 18.3 Å². The number of sulfonamides is 1. The lowest BCUT2D eigenvalue weighted by Crippen LogP contribution is -2.20. The Balaban J connectivity index is 1.88. The molecule has 1 aromatic heterocycles. The molecule has 0 bridgehead atoms. The normalized spacial score (nSPS) is 12.6. The zero-order chi connectivity index (χ0) is 20.5. The predicted molar refractivity (Wildman–Crippen MR) is 103 cm³/mol. The van der Waals surface area contributed by atoms with Crippen LogP contribution < -0.4 is 15.2 Å². The molecule has 0 saturated heterocycles. The van der Waals surface area contributed by atoms with Crippen LogP contribution in [0, 0.1) is 11.6 Å². The molecule has 0 aliphatic rings. The number of benzene rings is 2. The fourth-order valence-corrected chi connectivity index (χ4v) is 4.51. The van der Waals surface area contributed by atoms with Gasteiger partial charge in [-0.1, -0.05) is 23.2 Å². The average molecular weight is 466 g/mol. The van der Waals surface area contributed by atoms with E-state index in [4.69, 9.17) is 33.7 Å². The maximum atomic E-state index is 14.4. The van der Waals surface area contributed by atoms with E-state index in [1.807, 2.05) is 0 Å². The highest BCUT2D eigenvalue weighted by atomic mass is 35.5. The molecule has 1 atom stereocenters. The van der Waals surface area contributed by atoms with Gasteiger partial charge in [-0.2, -0.15) is 0 Å². The van der Waals surface area contributed by atoms with Gasteiger partial charge in [-0.05, 0) is 24.3 Å². The van der Waals surface area contributed by atoms with Gasteiger partial charge in [0.2, 0.25) is 0 Å². The maximum Gasteiger partial charge on any atom is 0.266 e. The Labute approximate surface area is 172 Å². The first-order valence-electron chi connectivity index (χ1n) is 7.46. The van der Waals surface area contributed by atoms with Crippen LogP contribution in [-0.4, -0.2) is 13.4 Å². The molecule has 0 aliphatic heterocycles. The topological polar surface area (TPSA) is 94.3 Å². The minimum atomic E-state index is -4.27. The van der Waals surface area contributed by atoms with E-state index in [9.17, 15) is 17.2 Å². The zero-order valence-electron chi connectivity index (χ0n) is 13.7. The van der Waals surface area contributed by atoms with Crippen LogP contribution in [0.3, 0.4) is 0 Å². The van der Waals surface area contributed by atoms with Gasteiger partial charge < -0.3 is 4.74 Å². The number of hydrogen-bond acceptors (Lipinski definition) is 6. The number of nitrogens with one attached hydrogen (secondary N) is 1. The first-order chi connectivity index (χ1) is 13.2. The Morgan fingerprint density at radius 3 is 2.61 bits per heavy atom. The molecular formula is C16H11Cl2F2N3O3S2. The van der Waals surface area contributed by atoms with E-state index in [2.05, 4.69) is 9.71 Å². The zero-order valence-corrected chi connectivity index (χ0v) is 16.8. The summed E-state index contributed by atoms with van der Waals surface area (Å²) in [7, 11) is -4.27. The smallest absolute Gasteiger partial charge is 0.266 e. The molecule has 1 heterocycles. The Morgan fingerprint density at radius 2 is 1.93 bits per heavy atom. The molecule has 0 amide bonds. The Hall–Kier alpha value is -1.98. The molecule has 0 fully saturated rings. The SMILES string of the molecule is N[C@H](Oc1cc(F)c(S(=O)(=O)Nc2nccs2)cc1Cl)c1cc(Cl)ccc1F. The highest BCUT2D eigenvalue weighted by Gasteiger charge is 2.24. The van der Waals surface area contributed by atoms with Crippen LogP contribution in [0.2, 0.25) is 10.0 Å². The van der Waals surface area contributed by atoms with Gasteiger partial charge in [-0.15, -0.1) is 11.3 Å². The van der Waals surface area contributed by atoms with E-state index in [0.29, 0.717) is 0 Å². The van der Waals surface area contributed by atoms with E-state index in [-0.39, 0.29) is 26.5 Å². The number of nitrogens with zero attached hydrogens (tertiary/aromatic N) is 1. The molecule has 3 N–H and O–H groups in total. The van der Waals surface area contributed by atoms with E-state index < -0.39 is 32.8 Å². The number of nitrogens with two attached hydrogens (primary N) is 1. The third-order valence-electron chi connectivity index (χ3n) is 3.45. The van der Waals surface area contributed by atoms with Gasteiger partial charge >= 0.3 is 0 Å². The maximum absolute atomic E-state index is 14.4. The molecule has 6 nitrogen and oxygen atoms in total. The Kier molecular flexibility index (Phi) is 6.06. The molecule has 0 radical (unpaired) electrons. The summed E-state index contributed by atoms with van der Waals surface area (Å²) >= 11 is 12.8. The van der Waals surface area contributed by atoms with Crippen molar-refractivity contribution in [1.82, 2.24) is 4.98 Å². The largest absolute Gasteiger partial charge is 0.470 e. The molecule has 0 saturated carbocycles. The fourth-order valence-electron chi connectivity index (χ4n) is 2.18. The summed E-state index contributed by atoms with van der Waals surface area (Å²) in [4.78, 5) is 3.06. The molecule has 3 aromatic rings. The highest BCUT2D eigenvalue weighted by molar-refractivity contribution is 7.93. The van der Waals surface area contributed by atoms with Crippen molar-refractivity contribution in [3.8, 4) is 5.75 Å². The second-order valence-corrected chi connectivity index (χ2v) is 8.75. The van der Waals surface area contributed by atoms with Crippen molar-refractivity contribution >= 4 is 49.7 Å². The number of ether oxygens (including phenoxy) is 1. The van der Waals surface area contributed by atoms with Crippen molar-refractivity contribution in [2.75, 3.05) is 4.72 Å². The van der Waals surface area contributed by atoms with Crippen molar-refractivity contribution in [3.05, 3.63) is 69.2 Å². The van der Waals surface area contributed by atoms with Gasteiger partial charge in [0.1, 0.15) is 22.3 Å². The fraction of sp³-hybridized carbons (Fsp3) is 0.0625. The van der Waals surface area contributed by atoms with Gasteiger partial charge in [0.05, 0.1) is 5.02 Å². The molecule has 0 spiro atoms. The second kappa shape index (κ2) is 8.18. The Morgan fingerprint density at radius 1 is 1.18 bits per heavy atom. The van der Waals surface area contributed by atoms with Crippen LogP contribution in [0.5, 0.6) is 5.75 Å². The van der Waals surface area contributed by atoms with Crippen molar-refractivity contribution < 1.29 is 21.9 Å². The molecule has 0 aliphatic carbocycles. The number of aromatic nitrogens is 1. The summed E-state index contributed by atoms with van der Waals surface area (Å²) in [6.45, 7) is 0. The lowest BCUT2D eigenvalue weighted by Gasteiger charge is -2.17. The monoisotopic (exact) mass is 465 g/mol. The number of anilines is 1. The molecule has 12 heteroatoms. The molecule has 28 heavy (non-hydrogen) atoms. The van der Waals surface area contributed by atoms with Gasteiger partial charge in [-0.3, -0.25) is 10.5 Å². The summed E-state index contributed by atoms with van der Waals surface area (Å²) in [5.41, 5.74) is 5.71. The van der Waals surface area contributed by atoms with E-state index in [1.54, 1.807) is 5.38 Å². The first-order valence-corrected chi connectivity index (χ1v) is 10.6. The van der Waals surface area contributed by atoms with Gasteiger partial charge in [-0.25, -0.2) is 22.2 Å². The summed E-state index contributed by atoms with van der Waals surface area (Å²) < 4.78 is 60.4. The van der Waals surface area contributed by atoms with Crippen LogP contribution in [0.15, 0.2) is 46.8 Å². The van der Waals surface area contributed by atoms with Crippen LogP contribution in [-0.2, 0) is 10.0 Å². The third kappa shape index (κ3) is 4.53. The predicted octanol–water partition coefficient (Wildman–Crippen LogP) is 4.57. The minimum Gasteiger partial charge on any atom is -0.470 e. The van der Waals surface area contributed by atoms with Crippen LogP contribution in [0.25, 0.3) is 0 Å². The number of halogens is 4. The summed E-state index contributed by atoms with van der Waals surface area (Å²) in [6, 6.07) is 5.30. The van der Waals surface area contributed by atoms with Crippen molar-refractivity contribution in [1.29, 1.82) is 0 Å². The molecule has 3 rings (SSSR count). The molecule has 148 valence electrons. The molecule has 0 unspecified atom stereocenters. The lowest BCUT2D eigenvalue weighted by molar-refractivity contribution is 0.208. The first kappa shape index (κ1) is 20.7. The highest BCUT2D eigenvalue weighted by Crippen LogP contribution is 2.33. The Bertz CT molecular complexity index is 1110. The van der Waals surface area contributed by atoms with Crippen molar-refractivity contribution in [2.24, 2.45) is 5.73 Å². The average Bonchev–Trinajstić information content (AvgIpc) is 3.11. The number of hydrogen-bond donors (Lipinski definition) is 2. The molecule has 2 aromatic carbocycles. The van der Waals surface area contributed by atoms with Gasteiger partial charge in [0.25, 0.3) is 10.0 Å². The van der Waals surface area contributed by atoms with Crippen LogP contribution in [0.1, 0.15) is 11.8 Å². The minimum absolute atomic E-state index is 0.0642. The standard InChI is InChI=1S/C16H11Cl2F2N3O3S2/c17-8-1-2-11(19)9(5-8)15(21)26-13-7-12(20)14(6-10(13)18)28(24,25)23-16-22-3-4-27-16/h1-7,15H,21H2,(H,22,23)/t15-/m1/s1. The summed E-state index contributed by atoms with van der Waals surface area (Å²) in [5.74, 6) is -2.08. The third-order valence-corrected chi connectivity index (χ3v) is 6.15. The van der Waals surface area contributed by atoms with Crippen molar-refractivity contribution in [3.63, 3.8) is 0 Å². The summed E-state index contributed by atoms with van der Waals surface area (Å²) in [5, 5.41) is 1.60. The molecular weight excluding hydrogens is 455 g/mol. The van der Waals surface area contributed by atoms with E-state index >= 15 is 0 Å². The number of rotatable bonds is 6. The van der Waals surface area contributed by atoms with Gasteiger partial charge in [0.15, 0.2) is 11.4 Å². The van der Waals surface area contributed by atoms with Gasteiger partial charge in [0, 0.05) is 28.2 Å². The quantitative estimate of drug-likeness (QED) is 0.520. The lowest BCUT2D eigenvalue weighted by atomic mass is 10.2. The summed E-state index contributed by atoms with van der Waals surface area (Å²) in [6.07, 6.45) is 0.0330. The second-order valence-electron chi connectivity index (χ2n) is 5.36. The van der Waals surface area contributed by atoms with Crippen molar-refractivity contribution in [2.45, 2.75) is 11.1 Å². The van der Waals surface area contributed by atoms with Crippen LogP contribution in [0.4, 0.5) is 13.9 Å². The number of thiazole rings is 1. The van der Waals surface area contributed by atoms with Crippen LogP contribution >= 0.6 is 34.5 Å². The van der Waals surface area contributed by atoms with E-state index in [0.717, 1.165) is 29.5 Å².